The molecule has 0 spiro atoms. The molecule has 1 aromatic heterocycles. The number of benzene rings is 1. The lowest BCUT2D eigenvalue weighted by Gasteiger charge is -2.10. The molecule has 0 bridgehead atoms. The molecule has 0 aliphatic carbocycles. The van der Waals surface area contributed by atoms with Crippen molar-refractivity contribution in [1.82, 2.24) is 0 Å². The Kier molecular flexibility index (Phi) is 4.82. The van der Waals surface area contributed by atoms with Gasteiger partial charge in [0, 0.05) is 16.3 Å². The molecule has 0 saturated heterocycles. The zero-order valence-corrected chi connectivity index (χ0v) is 12.1. The van der Waals surface area contributed by atoms with Gasteiger partial charge in [0.05, 0.1) is 19.3 Å². The normalized spacial score (nSPS) is 10.3. The van der Waals surface area contributed by atoms with Gasteiger partial charge < -0.3 is 13.9 Å². The van der Waals surface area contributed by atoms with Crippen molar-refractivity contribution in [3.63, 3.8) is 0 Å². The van der Waals surface area contributed by atoms with Crippen molar-refractivity contribution in [2.75, 3.05) is 6.61 Å². The van der Waals surface area contributed by atoms with Crippen molar-refractivity contribution < 1.29 is 18.7 Å². The number of rotatable bonds is 6. The van der Waals surface area contributed by atoms with Crippen LogP contribution in [0.2, 0.25) is 0 Å². The van der Waals surface area contributed by atoms with Crippen molar-refractivity contribution in [3.05, 3.63) is 52.3 Å². The second kappa shape index (κ2) is 6.79. The summed E-state index contributed by atoms with van der Waals surface area (Å²) in [5, 5.41) is 0.734. The van der Waals surface area contributed by atoms with Crippen LogP contribution in [0, 0.1) is 0 Å². The third-order valence-corrected chi connectivity index (χ3v) is 3.06. The van der Waals surface area contributed by atoms with Gasteiger partial charge in [-0.2, -0.15) is 0 Å². The average Bonchev–Trinajstić information content (AvgIpc) is 2.78. The molecule has 0 fully saturated rings. The molecule has 0 amide bonds. The SMILES string of the molecule is C=c1occ(COc2ccccc2CC(=O)OCC)c1=C. The molecule has 0 saturated carbocycles. The van der Waals surface area contributed by atoms with Gasteiger partial charge in [0.25, 0.3) is 0 Å². The van der Waals surface area contributed by atoms with E-state index >= 15 is 0 Å². The molecular weight excluding hydrogens is 268 g/mol. The van der Waals surface area contributed by atoms with E-state index in [1.165, 1.54) is 0 Å². The van der Waals surface area contributed by atoms with Crippen molar-refractivity contribution in [1.29, 1.82) is 0 Å². The minimum absolute atomic E-state index is 0.188. The van der Waals surface area contributed by atoms with E-state index in [-0.39, 0.29) is 12.4 Å². The number of esters is 1. The second-order valence-corrected chi connectivity index (χ2v) is 4.54. The van der Waals surface area contributed by atoms with Gasteiger partial charge in [-0.1, -0.05) is 31.4 Å². The van der Waals surface area contributed by atoms with Crippen LogP contribution in [0.5, 0.6) is 5.75 Å². The van der Waals surface area contributed by atoms with E-state index in [4.69, 9.17) is 13.9 Å². The minimum atomic E-state index is -0.269. The molecule has 1 aromatic carbocycles. The molecule has 2 aromatic rings. The first-order valence-electron chi connectivity index (χ1n) is 6.72. The lowest BCUT2D eigenvalue weighted by atomic mass is 10.1. The van der Waals surface area contributed by atoms with E-state index in [1.54, 1.807) is 13.2 Å². The zero-order valence-electron chi connectivity index (χ0n) is 12.1. The van der Waals surface area contributed by atoms with E-state index in [0.29, 0.717) is 24.4 Å². The van der Waals surface area contributed by atoms with Gasteiger partial charge in [-0.15, -0.1) is 0 Å². The predicted molar refractivity (Wildman–Crippen MR) is 80.1 cm³/mol. The Morgan fingerprint density at radius 2 is 2.00 bits per heavy atom. The maximum absolute atomic E-state index is 11.6. The first kappa shape index (κ1) is 14.9. The Bertz CT molecular complexity index is 715. The Morgan fingerprint density at radius 3 is 2.67 bits per heavy atom. The van der Waals surface area contributed by atoms with E-state index in [2.05, 4.69) is 13.2 Å². The molecular formula is C17H18O4. The number of para-hydroxylation sites is 1. The molecule has 2 rings (SSSR count). The number of carbonyl (C=O) groups excluding carboxylic acids is 1. The van der Waals surface area contributed by atoms with E-state index in [0.717, 1.165) is 16.3 Å². The molecule has 0 aliphatic rings. The van der Waals surface area contributed by atoms with Crippen molar-refractivity contribution in [3.8, 4) is 5.75 Å². The summed E-state index contributed by atoms with van der Waals surface area (Å²) < 4.78 is 15.9. The van der Waals surface area contributed by atoms with Crippen LogP contribution in [0.3, 0.4) is 0 Å². The van der Waals surface area contributed by atoms with E-state index in [9.17, 15) is 4.79 Å². The molecule has 1 heterocycles. The van der Waals surface area contributed by atoms with Crippen LogP contribution >= 0.6 is 0 Å². The molecule has 21 heavy (non-hydrogen) atoms. The quantitative estimate of drug-likeness (QED) is 0.760. The van der Waals surface area contributed by atoms with E-state index < -0.39 is 0 Å². The van der Waals surface area contributed by atoms with Gasteiger partial charge >= 0.3 is 5.97 Å². The van der Waals surface area contributed by atoms with Crippen molar-refractivity contribution in [2.45, 2.75) is 20.0 Å². The van der Waals surface area contributed by atoms with Gasteiger partial charge in [-0.3, -0.25) is 4.79 Å². The predicted octanol–water partition coefficient (Wildman–Crippen LogP) is 1.78. The summed E-state index contributed by atoms with van der Waals surface area (Å²) in [7, 11) is 0. The summed E-state index contributed by atoms with van der Waals surface area (Å²) in [5.74, 6) is 0.381. The number of furan rings is 1. The highest BCUT2D eigenvalue weighted by atomic mass is 16.5. The fourth-order valence-corrected chi connectivity index (χ4v) is 1.90. The maximum atomic E-state index is 11.6. The van der Waals surface area contributed by atoms with Crippen molar-refractivity contribution >= 4 is 19.1 Å². The number of ether oxygens (including phenoxy) is 2. The third-order valence-electron chi connectivity index (χ3n) is 3.06. The topological polar surface area (TPSA) is 48.7 Å². The highest BCUT2D eigenvalue weighted by molar-refractivity contribution is 5.73. The van der Waals surface area contributed by atoms with Crippen LogP contribution in [-0.2, 0) is 22.6 Å². The Balaban J connectivity index is 2.09. The van der Waals surface area contributed by atoms with Crippen LogP contribution in [0.4, 0.5) is 0 Å². The van der Waals surface area contributed by atoms with E-state index in [1.807, 2.05) is 24.3 Å². The maximum Gasteiger partial charge on any atom is 0.310 e. The van der Waals surface area contributed by atoms with Crippen LogP contribution in [0.15, 0.2) is 34.9 Å². The molecule has 0 unspecified atom stereocenters. The zero-order chi connectivity index (χ0) is 15.2. The van der Waals surface area contributed by atoms with Gasteiger partial charge in [0.2, 0.25) is 0 Å². The Hall–Kier alpha value is -2.49. The number of hydrogen-bond donors (Lipinski definition) is 0. The third kappa shape index (κ3) is 3.75. The smallest absolute Gasteiger partial charge is 0.310 e. The van der Waals surface area contributed by atoms with Crippen LogP contribution in [-0.4, -0.2) is 12.6 Å². The molecule has 0 N–H and O–H groups in total. The summed E-state index contributed by atoms with van der Waals surface area (Å²) in [6, 6.07) is 7.39. The lowest BCUT2D eigenvalue weighted by Crippen LogP contribution is -2.20. The summed E-state index contributed by atoms with van der Waals surface area (Å²) in [6.07, 6.45) is 1.77. The van der Waals surface area contributed by atoms with Gasteiger partial charge in [-0.25, -0.2) is 0 Å². The highest BCUT2D eigenvalue weighted by Gasteiger charge is 2.10. The molecule has 0 aliphatic heterocycles. The van der Waals surface area contributed by atoms with Gasteiger partial charge in [0.1, 0.15) is 17.8 Å². The van der Waals surface area contributed by atoms with Crippen LogP contribution < -0.4 is 15.4 Å². The standard InChI is InChI=1S/C17H18O4/c1-4-19-17(18)9-14-7-5-6-8-16(14)21-11-15-10-20-13(3)12(15)2/h5-8,10H,2-4,9,11H2,1H3. The Labute approximate surface area is 123 Å². The summed E-state index contributed by atoms with van der Waals surface area (Å²) >= 11 is 0. The average molecular weight is 286 g/mol. The fourth-order valence-electron chi connectivity index (χ4n) is 1.90. The lowest BCUT2D eigenvalue weighted by molar-refractivity contribution is -0.142. The number of carbonyl (C=O) groups is 1. The van der Waals surface area contributed by atoms with Crippen LogP contribution in [0.25, 0.3) is 13.2 Å². The molecule has 0 atom stereocenters. The Morgan fingerprint density at radius 1 is 1.24 bits per heavy atom. The first-order chi connectivity index (χ1) is 10.1. The summed E-state index contributed by atoms with van der Waals surface area (Å²) in [5.41, 5.74) is 2.17. The van der Waals surface area contributed by atoms with Gasteiger partial charge in [0.15, 0.2) is 0 Å². The monoisotopic (exact) mass is 286 g/mol. The molecule has 110 valence electrons. The van der Waals surface area contributed by atoms with Gasteiger partial charge in [-0.05, 0) is 13.0 Å². The first-order valence-corrected chi connectivity index (χ1v) is 6.72. The largest absolute Gasteiger partial charge is 0.488 e. The summed E-state index contributed by atoms with van der Waals surface area (Å²) in [6.45, 7) is 10.1. The van der Waals surface area contributed by atoms with Crippen molar-refractivity contribution in [2.24, 2.45) is 0 Å². The second-order valence-electron chi connectivity index (χ2n) is 4.54. The highest BCUT2D eigenvalue weighted by Crippen LogP contribution is 2.19. The molecule has 0 radical (unpaired) electrons. The van der Waals surface area contributed by atoms with Crippen LogP contribution in [0.1, 0.15) is 18.1 Å². The molecule has 4 nitrogen and oxygen atoms in total. The fraction of sp³-hybridized carbons (Fsp3) is 0.235. The summed E-state index contributed by atoms with van der Waals surface area (Å²) in [4.78, 5) is 11.6. The minimum Gasteiger partial charge on any atom is -0.488 e. The number of hydrogen-bond acceptors (Lipinski definition) is 4. The molecule has 4 heteroatoms.